The van der Waals surface area contributed by atoms with Crippen molar-refractivity contribution >= 4 is 11.6 Å². The Morgan fingerprint density at radius 1 is 1.21 bits per heavy atom. The van der Waals surface area contributed by atoms with Crippen molar-refractivity contribution in [2.75, 3.05) is 13.2 Å². The molecule has 0 saturated carbocycles. The molecule has 170 valence electrons. The summed E-state index contributed by atoms with van der Waals surface area (Å²) in [5.41, 5.74) is 3.28. The van der Waals surface area contributed by atoms with Crippen LogP contribution in [0.25, 0.3) is 5.69 Å². The molecular formula is C24H26N6O3. The maximum atomic E-state index is 13.7. The molecule has 1 fully saturated rings. The Balaban J connectivity index is 1.59. The normalized spacial score (nSPS) is 19.8. The number of aliphatic imine (C=N–C) groups is 1. The van der Waals surface area contributed by atoms with Gasteiger partial charge in [0.15, 0.2) is 0 Å². The summed E-state index contributed by atoms with van der Waals surface area (Å²) in [6.45, 7) is 5.18. The van der Waals surface area contributed by atoms with E-state index in [1.165, 1.54) is 4.80 Å². The average molecular weight is 447 g/mol. The first kappa shape index (κ1) is 21.1. The lowest BCUT2D eigenvalue weighted by Gasteiger charge is -2.34. The third-order valence-electron chi connectivity index (χ3n) is 6.18. The van der Waals surface area contributed by atoms with E-state index in [9.17, 15) is 9.59 Å². The number of hydrogen-bond donors (Lipinski definition) is 1. The monoisotopic (exact) mass is 446 g/mol. The first-order chi connectivity index (χ1) is 16.1. The van der Waals surface area contributed by atoms with Gasteiger partial charge in [0, 0.05) is 36.5 Å². The van der Waals surface area contributed by atoms with Crippen molar-refractivity contribution in [3.8, 4) is 11.4 Å². The number of piperidine rings is 1. The van der Waals surface area contributed by atoms with E-state index in [0.717, 1.165) is 42.6 Å². The van der Waals surface area contributed by atoms with Crippen molar-refractivity contribution in [2.45, 2.75) is 45.2 Å². The number of likely N-dealkylation sites (tertiary alicyclic amines) is 1. The molecule has 4 heterocycles. The standard InChI is InChI=1S/C24H26N6O3/c1-3-33-20-14-19(30-26-9-10-27-30)17(24(32)29-11-5-4-6-15(29)2)13-18(20)23-22(28-23)16-7-8-25-21(31)12-16/h7-10,12-15,22H,3-6,11H2,1-2H3,(H,25,31). The Bertz CT molecular complexity index is 1260. The first-order valence-corrected chi connectivity index (χ1v) is 11.3. The lowest BCUT2D eigenvalue weighted by atomic mass is 9.98. The van der Waals surface area contributed by atoms with Crippen LogP contribution < -0.4 is 10.3 Å². The third kappa shape index (κ3) is 4.06. The molecule has 1 N–H and O–H groups in total. The number of aromatic amines is 1. The maximum Gasteiger partial charge on any atom is 0.256 e. The van der Waals surface area contributed by atoms with Crippen molar-refractivity contribution in [1.29, 1.82) is 0 Å². The van der Waals surface area contributed by atoms with Crippen molar-refractivity contribution < 1.29 is 9.53 Å². The van der Waals surface area contributed by atoms with Crippen LogP contribution >= 0.6 is 0 Å². The minimum Gasteiger partial charge on any atom is -0.493 e. The number of H-pyrrole nitrogens is 1. The molecule has 9 nitrogen and oxygen atoms in total. The van der Waals surface area contributed by atoms with Crippen LogP contribution in [0.3, 0.4) is 0 Å². The highest BCUT2D eigenvalue weighted by Crippen LogP contribution is 2.40. The molecule has 2 atom stereocenters. The molecule has 1 saturated heterocycles. The maximum absolute atomic E-state index is 13.7. The fraction of sp³-hybridized carbons (Fsp3) is 0.375. The first-order valence-electron chi connectivity index (χ1n) is 11.3. The van der Waals surface area contributed by atoms with Gasteiger partial charge >= 0.3 is 0 Å². The van der Waals surface area contributed by atoms with Gasteiger partial charge in [-0.15, -0.1) is 0 Å². The molecule has 0 bridgehead atoms. The van der Waals surface area contributed by atoms with Crippen LogP contribution in [0.2, 0.25) is 0 Å². The number of nitrogens with one attached hydrogen (secondary N) is 1. The summed E-state index contributed by atoms with van der Waals surface area (Å²) in [6.07, 6.45) is 7.89. The summed E-state index contributed by atoms with van der Waals surface area (Å²) in [5.74, 6) is 0.562. The predicted molar refractivity (Wildman–Crippen MR) is 123 cm³/mol. The lowest BCUT2D eigenvalue weighted by molar-refractivity contribution is 0.0635. The Morgan fingerprint density at radius 2 is 2.03 bits per heavy atom. The minimum absolute atomic E-state index is 0.0484. The number of carbonyl (C=O) groups is 1. The van der Waals surface area contributed by atoms with Crippen molar-refractivity contribution in [3.63, 3.8) is 0 Å². The lowest BCUT2D eigenvalue weighted by Crippen LogP contribution is -2.42. The summed E-state index contributed by atoms with van der Waals surface area (Å²) in [5, 5.41) is 8.54. The number of amides is 1. The van der Waals surface area contributed by atoms with E-state index < -0.39 is 0 Å². The van der Waals surface area contributed by atoms with E-state index in [4.69, 9.17) is 4.74 Å². The van der Waals surface area contributed by atoms with Crippen LogP contribution in [0.5, 0.6) is 5.75 Å². The summed E-state index contributed by atoms with van der Waals surface area (Å²) >= 11 is 0. The zero-order valence-electron chi connectivity index (χ0n) is 18.7. The number of aromatic nitrogens is 4. The summed E-state index contributed by atoms with van der Waals surface area (Å²) < 4.78 is 5.94. The van der Waals surface area contributed by atoms with Gasteiger partial charge in [0.1, 0.15) is 17.5 Å². The summed E-state index contributed by atoms with van der Waals surface area (Å²) in [7, 11) is 0. The van der Waals surface area contributed by atoms with Gasteiger partial charge < -0.3 is 14.6 Å². The van der Waals surface area contributed by atoms with E-state index in [-0.39, 0.29) is 23.6 Å². The molecule has 2 aliphatic heterocycles. The molecule has 2 aliphatic rings. The van der Waals surface area contributed by atoms with E-state index in [2.05, 4.69) is 27.1 Å². The number of carbonyl (C=O) groups excluding carboxylic acids is 1. The van der Waals surface area contributed by atoms with Crippen LogP contribution in [-0.4, -0.2) is 55.7 Å². The molecule has 2 aromatic heterocycles. The Labute approximate surface area is 191 Å². The largest absolute Gasteiger partial charge is 0.493 e. The Kier molecular flexibility index (Phi) is 5.53. The summed E-state index contributed by atoms with van der Waals surface area (Å²) in [6, 6.07) is 6.99. The average Bonchev–Trinajstić information content (AvgIpc) is 3.42. The number of rotatable bonds is 6. The number of benzene rings is 1. The second-order valence-electron chi connectivity index (χ2n) is 8.36. The smallest absolute Gasteiger partial charge is 0.256 e. The Hall–Kier alpha value is -3.75. The number of ether oxygens (including phenoxy) is 1. The number of nitrogens with zero attached hydrogens (tertiary/aromatic N) is 5. The molecule has 1 aromatic carbocycles. The van der Waals surface area contributed by atoms with Gasteiger partial charge in [0.2, 0.25) is 5.56 Å². The molecule has 0 aliphatic carbocycles. The molecule has 0 spiro atoms. The van der Waals surface area contributed by atoms with Crippen LogP contribution in [0, 0.1) is 0 Å². The van der Waals surface area contributed by atoms with Crippen molar-refractivity contribution in [2.24, 2.45) is 4.99 Å². The zero-order chi connectivity index (χ0) is 22.9. The molecule has 1 amide bonds. The SMILES string of the molecule is CCOc1cc(-n2nccn2)c(C(=O)N2CCCCC2C)cc1C1=NC1c1cc[nH]c(=O)c1. The molecule has 2 unspecified atom stereocenters. The fourth-order valence-corrected chi connectivity index (χ4v) is 4.46. The highest BCUT2D eigenvalue weighted by molar-refractivity contribution is 6.16. The van der Waals surface area contributed by atoms with Crippen molar-refractivity contribution in [1.82, 2.24) is 24.9 Å². The quantitative estimate of drug-likeness (QED) is 0.627. The van der Waals surface area contributed by atoms with Crippen molar-refractivity contribution in [3.05, 3.63) is 69.9 Å². The molecule has 3 aromatic rings. The molecule has 0 radical (unpaired) electrons. The second-order valence-corrected chi connectivity index (χ2v) is 8.36. The van der Waals surface area contributed by atoms with Gasteiger partial charge in [-0.05, 0) is 50.8 Å². The van der Waals surface area contributed by atoms with E-state index >= 15 is 0 Å². The van der Waals surface area contributed by atoms with Gasteiger partial charge in [-0.1, -0.05) is 0 Å². The second kappa shape index (κ2) is 8.65. The molecule has 9 heteroatoms. The molecular weight excluding hydrogens is 420 g/mol. The molecule has 5 rings (SSSR count). The minimum atomic E-state index is -0.225. The zero-order valence-corrected chi connectivity index (χ0v) is 18.7. The highest BCUT2D eigenvalue weighted by atomic mass is 16.5. The number of pyridine rings is 1. The van der Waals surface area contributed by atoms with Crippen LogP contribution in [-0.2, 0) is 0 Å². The van der Waals surface area contributed by atoms with Crippen LogP contribution in [0.1, 0.15) is 60.6 Å². The van der Waals surface area contributed by atoms with E-state index in [1.54, 1.807) is 24.7 Å². The third-order valence-corrected chi connectivity index (χ3v) is 6.18. The van der Waals surface area contributed by atoms with Crippen LogP contribution in [0.15, 0.2) is 52.6 Å². The van der Waals surface area contributed by atoms with Gasteiger partial charge in [-0.25, -0.2) is 0 Å². The van der Waals surface area contributed by atoms with Crippen LogP contribution in [0.4, 0.5) is 0 Å². The van der Waals surface area contributed by atoms with Gasteiger partial charge in [0.05, 0.1) is 30.3 Å². The number of hydrogen-bond acceptors (Lipinski definition) is 6. The van der Waals surface area contributed by atoms with Gasteiger partial charge in [-0.2, -0.15) is 15.0 Å². The molecule has 33 heavy (non-hydrogen) atoms. The summed E-state index contributed by atoms with van der Waals surface area (Å²) in [4.78, 5) is 36.1. The predicted octanol–water partition coefficient (Wildman–Crippen LogP) is 2.91. The topological polar surface area (TPSA) is 105 Å². The fourth-order valence-electron chi connectivity index (χ4n) is 4.46. The van der Waals surface area contributed by atoms with Gasteiger partial charge in [-0.3, -0.25) is 14.6 Å². The Morgan fingerprint density at radius 3 is 2.76 bits per heavy atom. The highest BCUT2D eigenvalue weighted by Gasteiger charge is 2.35. The van der Waals surface area contributed by atoms with Gasteiger partial charge in [0.25, 0.3) is 5.91 Å². The van der Waals surface area contributed by atoms with E-state index in [0.29, 0.717) is 23.6 Å². The van der Waals surface area contributed by atoms with E-state index in [1.807, 2.05) is 30.0 Å².